The van der Waals surface area contributed by atoms with Crippen molar-refractivity contribution in [3.63, 3.8) is 0 Å². The molecule has 23 heavy (non-hydrogen) atoms. The minimum absolute atomic E-state index is 0.0609. The molecule has 6 atom stereocenters. The zero-order valence-electron chi connectivity index (χ0n) is 14.2. The maximum atomic E-state index is 11.8. The van der Waals surface area contributed by atoms with Gasteiger partial charge in [-0.05, 0) is 81.1 Å². The Kier molecular flexibility index (Phi) is 3.50. The molecule has 0 aliphatic heterocycles. The Bertz CT molecular complexity index is 597. The van der Waals surface area contributed by atoms with Gasteiger partial charge >= 0.3 is 0 Å². The molecule has 4 aliphatic carbocycles. The van der Waals surface area contributed by atoms with Crippen LogP contribution >= 0.6 is 0 Å². The lowest BCUT2D eigenvalue weighted by Crippen LogP contribution is -2.53. The molecule has 0 aromatic rings. The molecule has 124 valence electrons. The number of carbonyl (C=O) groups excluding carboxylic acids is 1. The van der Waals surface area contributed by atoms with Crippen LogP contribution in [-0.2, 0) is 4.79 Å². The number of hydrogen-bond donors (Lipinski definition) is 1. The first-order chi connectivity index (χ1) is 11.0. The molecule has 2 heteroatoms. The number of hydrogen-bond acceptors (Lipinski definition) is 2. The van der Waals surface area contributed by atoms with Crippen molar-refractivity contribution < 1.29 is 9.90 Å². The van der Waals surface area contributed by atoms with Crippen LogP contribution in [0, 0.1) is 41.4 Å². The zero-order valence-corrected chi connectivity index (χ0v) is 14.2. The number of aliphatic hydroxyl groups is 1. The number of terminal acetylenes is 1. The fourth-order valence-electron chi connectivity index (χ4n) is 6.96. The van der Waals surface area contributed by atoms with Gasteiger partial charge in [-0.25, -0.2) is 0 Å². The molecule has 3 saturated carbocycles. The third-order valence-electron chi connectivity index (χ3n) is 8.02. The number of ketones is 1. The first-order valence-electron chi connectivity index (χ1n) is 9.48. The summed E-state index contributed by atoms with van der Waals surface area (Å²) in [6, 6.07) is 0. The van der Waals surface area contributed by atoms with E-state index in [1.807, 2.05) is 6.08 Å². The third-order valence-corrected chi connectivity index (χ3v) is 8.02. The molecule has 0 spiro atoms. The second-order valence-corrected chi connectivity index (χ2v) is 8.40. The second-order valence-electron chi connectivity index (χ2n) is 8.40. The van der Waals surface area contributed by atoms with Gasteiger partial charge in [0.2, 0.25) is 0 Å². The topological polar surface area (TPSA) is 37.3 Å². The molecule has 0 amide bonds. The largest absolute Gasteiger partial charge is 0.377 e. The van der Waals surface area contributed by atoms with E-state index in [1.54, 1.807) is 0 Å². The van der Waals surface area contributed by atoms with Crippen molar-refractivity contribution in [2.24, 2.45) is 29.1 Å². The van der Waals surface area contributed by atoms with E-state index in [0.29, 0.717) is 29.5 Å². The lowest BCUT2D eigenvalue weighted by atomic mass is 9.49. The van der Waals surface area contributed by atoms with Crippen LogP contribution in [0.3, 0.4) is 0 Å². The molecular weight excluding hydrogens is 284 g/mol. The summed E-state index contributed by atoms with van der Waals surface area (Å²) in [5.41, 5.74) is 0.474. The molecule has 0 saturated heterocycles. The maximum absolute atomic E-state index is 11.8. The predicted molar refractivity (Wildman–Crippen MR) is 90.5 cm³/mol. The standard InChI is InChI=1S/C21H28O2/c1-3-20-11-9-17-16-8-6-15(22)13-14(16)5-7-18(17)19(20)10-12-21(20,23)4-2/h2,13,16-19,23H,3,5-12H2,1H3/t16?,17-,18-,19+,20?,21+/m1/s1. The molecule has 0 aromatic heterocycles. The van der Waals surface area contributed by atoms with E-state index in [9.17, 15) is 9.90 Å². The minimum Gasteiger partial charge on any atom is -0.377 e. The van der Waals surface area contributed by atoms with E-state index in [0.717, 1.165) is 44.9 Å². The van der Waals surface area contributed by atoms with Crippen molar-refractivity contribution in [3.8, 4) is 12.3 Å². The molecule has 0 bridgehead atoms. The van der Waals surface area contributed by atoms with Gasteiger partial charge < -0.3 is 5.11 Å². The van der Waals surface area contributed by atoms with E-state index in [2.05, 4.69) is 12.8 Å². The van der Waals surface area contributed by atoms with Gasteiger partial charge in [-0.3, -0.25) is 4.79 Å². The van der Waals surface area contributed by atoms with E-state index in [4.69, 9.17) is 6.42 Å². The first kappa shape index (κ1) is 15.5. The van der Waals surface area contributed by atoms with Crippen molar-refractivity contribution in [2.75, 3.05) is 0 Å². The van der Waals surface area contributed by atoms with Crippen LogP contribution in [-0.4, -0.2) is 16.5 Å². The van der Waals surface area contributed by atoms with Crippen molar-refractivity contribution in [1.29, 1.82) is 0 Å². The Morgan fingerprint density at radius 3 is 2.78 bits per heavy atom. The average molecular weight is 312 g/mol. The summed E-state index contributed by atoms with van der Waals surface area (Å²) in [5.74, 6) is 5.73. The van der Waals surface area contributed by atoms with Crippen molar-refractivity contribution >= 4 is 5.78 Å². The average Bonchev–Trinajstić information content (AvgIpc) is 2.88. The second kappa shape index (κ2) is 5.21. The molecule has 4 rings (SSSR count). The molecule has 2 nitrogen and oxygen atoms in total. The number of fused-ring (bicyclic) bond motifs is 5. The highest BCUT2D eigenvalue weighted by atomic mass is 16.3. The van der Waals surface area contributed by atoms with E-state index < -0.39 is 5.60 Å². The van der Waals surface area contributed by atoms with Gasteiger partial charge in [0.1, 0.15) is 5.60 Å². The van der Waals surface area contributed by atoms with E-state index in [-0.39, 0.29) is 5.41 Å². The first-order valence-corrected chi connectivity index (χ1v) is 9.48. The lowest BCUT2D eigenvalue weighted by molar-refractivity contribution is -0.117. The molecule has 2 unspecified atom stereocenters. The molecule has 0 radical (unpaired) electrons. The summed E-state index contributed by atoms with van der Waals surface area (Å²) in [6.45, 7) is 2.22. The minimum atomic E-state index is -0.893. The number of rotatable bonds is 1. The normalized spacial score (nSPS) is 48.7. The van der Waals surface area contributed by atoms with Crippen LogP contribution in [0.4, 0.5) is 0 Å². The Balaban J connectivity index is 1.67. The maximum Gasteiger partial charge on any atom is 0.155 e. The molecule has 3 fully saturated rings. The van der Waals surface area contributed by atoms with Gasteiger partial charge in [0, 0.05) is 11.8 Å². The van der Waals surface area contributed by atoms with Crippen LogP contribution in [0.1, 0.15) is 64.7 Å². The zero-order chi connectivity index (χ0) is 16.2. The number of allylic oxidation sites excluding steroid dienone is 1. The van der Waals surface area contributed by atoms with Crippen molar-refractivity contribution in [1.82, 2.24) is 0 Å². The SMILES string of the molecule is C#C[C@]1(O)CC[C@H]2[C@@H]3CCC4=CC(=O)CCC4[C@H]3CCC21CC. The summed E-state index contributed by atoms with van der Waals surface area (Å²) in [7, 11) is 0. The monoisotopic (exact) mass is 312 g/mol. The van der Waals surface area contributed by atoms with Gasteiger partial charge in [-0.2, -0.15) is 0 Å². The van der Waals surface area contributed by atoms with Gasteiger partial charge in [0.15, 0.2) is 5.78 Å². The Labute approximate surface area is 139 Å². The van der Waals surface area contributed by atoms with Gasteiger partial charge in [-0.15, -0.1) is 6.42 Å². The van der Waals surface area contributed by atoms with Crippen LogP contribution in [0.15, 0.2) is 11.6 Å². The van der Waals surface area contributed by atoms with Crippen LogP contribution < -0.4 is 0 Å². The van der Waals surface area contributed by atoms with Crippen LogP contribution in [0.5, 0.6) is 0 Å². The van der Waals surface area contributed by atoms with Gasteiger partial charge in [-0.1, -0.05) is 18.4 Å². The quantitative estimate of drug-likeness (QED) is 0.746. The summed E-state index contributed by atoms with van der Waals surface area (Å²) >= 11 is 0. The smallest absolute Gasteiger partial charge is 0.155 e. The van der Waals surface area contributed by atoms with Gasteiger partial charge in [0.05, 0.1) is 0 Å². The molecule has 0 aromatic carbocycles. The highest BCUT2D eigenvalue weighted by Crippen LogP contribution is 2.66. The highest BCUT2D eigenvalue weighted by Gasteiger charge is 2.63. The Morgan fingerprint density at radius 1 is 1.22 bits per heavy atom. The van der Waals surface area contributed by atoms with Crippen LogP contribution in [0.25, 0.3) is 0 Å². The highest BCUT2D eigenvalue weighted by molar-refractivity contribution is 5.91. The van der Waals surface area contributed by atoms with E-state index >= 15 is 0 Å². The lowest BCUT2D eigenvalue weighted by Gasteiger charge is -2.55. The molecular formula is C21H28O2. The summed E-state index contributed by atoms with van der Waals surface area (Å²) < 4.78 is 0. The van der Waals surface area contributed by atoms with Crippen molar-refractivity contribution in [2.45, 2.75) is 70.3 Å². The predicted octanol–water partition coefficient (Wildman–Crippen LogP) is 3.88. The summed E-state index contributed by atoms with van der Waals surface area (Å²) in [4.78, 5) is 11.8. The Hall–Kier alpha value is -1.07. The number of carbonyl (C=O) groups is 1. The fourth-order valence-corrected chi connectivity index (χ4v) is 6.96. The summed E-state index contributed by atoms with van der Waals surface area (Å²) in [5, 5.41) is 11.1. The van der Waals surface area contributed by atoms with Crippen LogP contribution in [0.2, 0.25) is 0 Å². The molecule has 4 aliphatic rings. The molecule has 0 heterocycles. The van der Waals surface area contributed by atoms with E-state index in [1.165, 1.54) is 18.4 Å². The fraction of sp³-hybridized carbons (Fsp3) is 0.762. The van der Waals surface area contributed by atoms with Crippen molar-refractivity contribution in [3.05, 3.63) is 11.6 Å². The third kappa shape index (κ3) is 1.96. The van der Waals surface area contributed by atoms with Gasteiger partial charge in [0.25, 0.3) is 0 Å². The molecule has 1 N–H and O–H groups in total. The summed E-state index contributed by atoms with van der Waals surface area (Å²) in [6.07, 6.45) is 16.9. The Morgan fingerprint density at radius 2 is 2.04 bits per heavy atom.